The number of aromatic nitrogens is 4. The average molecular weight is 298 g/mol. The average Bonchev–Trinajstić information content (AvgIpc) is 3.04. The van der Waals surface area contributed by atoms with Gasteiger partial charge in [-0.05, 0) is 29.8 Å². The van der Waals surface area contributed by atoms with E-state index in [0.717, 1.165) is 27.5 Å². The molecule has 0 atom stereocenters. The molecular weight excluding hydrogens is 287 g/mol. The Morgan fingerprint density at radius 3 is 2.95 bits per heavy atom. The van der Waals surface area contributed by atoms with Crippen LogP contribution in [0.1, 0.15) is 5.56 Å². The largest absolute Gasteiger partial charge is 0.254 e. The number of rotatable bonds is 3. The molecule has 0 aliphatic carbocycles. The first kappa shape index (κ1) is 12.4. The summed E-state index contributed by atoms with van der Waals surface area (Å²) in [7, 11) is 0. The van der Waals surface area contributed by atoms with E-state index < -0.39 is 0 Å². The summed E-state index contributed by atoms with van der Waals surface area (Å²) in [5.41, 5.74) is 2.88. The number of hydrogen-bond acceptors (Lipinski definition) is 3. The number of benzene rings is 2. The molecule has 4 aromatic rings. The second-order valence-electron chi connectivity index (χ2n) is 4.68. The molecule has 0 saturated carbocycles. The number of para-hydroxylation sites is 2. The van der Waals surface area contributed by atoms with Gasteiger partial charge in [-0.25, -0.2) is 14.5 Å². The fraction of sp³-hybridized carbons (Fsp3) is 0.0667. The Morgan fingerprint density at radius 2 is 2.05 bits per heavy atom. The molecule has 2 heterocycles. The van der Waals surface area contributed by atoms with Crippen LogP contribution >= 0.6 is 11.8 Å². The highest BCUT2D eigenvalue weighted by Gasteiger charge is 2.11. The minimum absolute atomic E-state index is 0.214. The Morgan fingerprint density at radius 1 is 1.14 bits per heavy atom. The summed E-state index contributed by atoms with van der Waals surface area (Å²) >= 11 is 1.55. The monoisotopic (exact) mass is 298 g/mol. The van der Waals surface area contributed by atoms with E-state index in [2.05, 4.69) is 15.2 Å². The summed E-state index contributed by atoms with van der Waals surface area (Å²) in [4.78, 5) is 4.48. The van der Waals surface area contributed by atoms with Crippen LogP contribution in [0.2, 0.25) is 0 Å². The Hall–Kier alpha value is -2.34. The molecule has 0 aliphatic rings. The first-order chi connectivity index (χ1) is 10.3. The van der Waals surface area contributed by atoms with Gasteiger partial charge < -0.3 is 0 Å². The Labute approximate surface area is 124 Å². The van der Waals surface area contributed by atoms with Crippen molar-refractivity contribution in [2.24, 2.45) is 0 Å². The molecule has 4 rings (SSSR count). The molecule has 0 bridgehead atoms. The number of nitrogens with zero attached hydrogens (tertiary/aromatic N) is 3. The molecule has 2 aromatic carbocycles. The van der Waals surface area contributed by atoms with Crippen molar-refractivity contribution in [3.05, 3.63) is 59.9 Å². The maximum absolute atomic E-state index is 13.2. The van der Waals surface area contributed by atoms with Crippen LogP contribution in [0.4, 0.5) is 4.39 Å². The third-order valence-electron chi connectivity index (χ3n) is 3.26. The molecule has 0 fully saturated rings. The number of thioether (sulfide) groups is 1. The fourth-order valence-electron chi connectivity index (χ4n) is 2.31. The van der Waals surface area contributed by atoms with E-state index in [1.165, 1.54) is 6.07 Å². The Bertz CT molecular complexity index is 928. The molecule has 21 heavy (non-hydrogen) atoms. The van der Waals surface area contributed by atoms with Crippen molar-refractivity contribution >= 4 is 28.6 Å². The lowest BCUT2D eigenvalue weighted by Crippen LogP contribution is -1.87. The van der Waals surface area contributed by atoms with Gasteiger partial charge in [0.25, 0.3) is 0 Å². The number of halogens is 1. The van der Waals surface area contributed by atoms with Gasteiger partial charge in [0.05, 0.1) is 11.0 Å². The smallest absolute Gasteiger partial charge is 0.231 e. The summed E-state index contributed by atoms with van der Waals surface area (Å²) in [6.07, 6.45) is 0. The first-order valence-corrected chi connectivity index (χ1v) is 7.48. The van der Waals surface area contributed by atoms with Gasteiger partial charge in [0.2, 0.25) is 5.78 Å². The molecule has 0 saturated heterocycles. The lowest BCUT2D eigenvalue weighted by molar-refractivity contribution is 0.626. The van der Waals surface area contributed by atoms with Crippen LogP contribution in [-0.4, -0.2) is 19.6 Å². The van der Waals surface area contributed by atoms with Crippen molar-refractivity contribution in [3.8, 4) is 0 Å². The zero-order valence-electron chi connectivity index (χ0n) is 11.0. The molecule has 0 spiro atoms. The maximum Gasteiger partial charge on any atom is 0.231 e. The Kier molecular flexibility index (Phi) is 2.89. The molecule has 0 radical (unpaired) electrons. The lowest BCUT2D eigenvalue weighted by atomic mass is 10.2. The predicted octanol–water partition coefficient (Wildman–Crippen LogP) is 3.64. The van der Waals surface area contributed by atoms with E-state index in [1.54, 1.807) is 23.9 Å². The van der Waals surface area contributed by atoms with Crippen molar-refractivity contribution in [1.29, 1.82) is 0 Å². The van der Waals surface area contributed by atoms with Crippen molar-refractivity contribution in [2.45, 2.75) is 10.9 Å². The molecule has 104 valence electrons. The van der Waals surface area contributed by atoms with E-state index in [1.807, 2.05) is 34.7 Å². The van der Waals surface area contributed by atoms with Crippen LogP contribution in [0.5, 0.6) is 0 Å². The molecular formula is C15H11FN4S. The highest BCUT2D eigenvalue weighted by Crippen LogP contribution is 2.25. The zero-order valence-corrected chi connectivity index (χ0v) is 11.8. The molecule has 0 unspecified atom stereocenters. The van der Waals surface area contributed by atoms with Crippen LogP contribution in [0.15, 0.2) is 53.7 Å². The van der Waals surface area contributed by atoms with Crippen LogP contribution in [0.25, 0.3) is 16.8 Å². The highest BCUT2D eigenvalue weighted by atomic mass is 32.2. The SMILES string of the molecule is Fc1cccc(CSc2n[nH]c3nc4ccccc4n23)c1. The third-order valence-corrected chi connectivity index (χ3v) is 4.27. The minimum Gasteiger partial charge on any atom is -0.254 e. The predicted molar refractivity (Wildman–Crippen MR) is 80.8 cm³/mol. The quantitative estimate of drug-likeness (QED) is 0.587. The topological polar surface area (TPSA) is 46.0 Å². The number of H-pyrrole nitrogens is 1. The lowest BCUT2D eigenvalue weighted by Gasteiger charge is -2.00. The molecule has 1 N–H and O–H groups in total. The van der Waals surface area contributed by atoms with E-state index >= 15 is 0 Å². The van der Waals surface area contributed by atoms with E-state index in [-0.39, 0.29) is 5.82 Å². The van der Waals surface area contributed by atoms with Gasteiger partial charge in [-0.1, -0.05) is 36.0 Å². The van der Waals surface area contributed by atoms with Gasteiger partial charge in [-0.15, -0.1) is 5.10 Å². The number of fused-ring (bicyclic) bond motifs is 3. The molecule has 2 aromatic heterocycles. The summed E-state index contributed by atoms with van der Waals surface area (Å²) in [5, 5.41) is 8.04. The van der Waals surface area contributed by atoms with Gasteiger partial charge in [0, 0.05) is 5.75 Å². The third kappa shape index (κ3) is 2.17. The van der Waals surface area contributed by atoms with E-state index in [9.17, 15) is 4.39 Å². The number of imidazole rings is 1. The molecule has 0 aliphatic heterocycles. The van der Waals surface area contributed by atoms with Gasteiger partial charge in [0.1, 0.15) is 5.82 Å². The van der Waals surface area contributed by atoms with Crippen LogP contribution < -0.4 is 0 Å². The second kappa shape index (κ2) is 4.89. The van der Waals surface area contributed by atoms with Gasteiger partial charge >= 0.3 is 0 Å². The standard InChI is InChI=1S/C15H11FN4S/c16-11-5-3-4-10(8-11)9-21-15-19-18-14-17-12-6-1-2-7-13(12)20(14)15/h1-8H,9H2,(H,17,18). The first-order valence-electron chi connectivity index (χ1n) is 6.50. The van der Waals surface area contributed by atoms with Crippen LogP contribution in [0.3, 0.4) is 0 Å². The van der Waals surface area contributed by atoms with Gasteiger partial charge in [-0.3, -0.25) is 4.40 Å². The normalized spacial score (nSPS) is 11.5. The zero-order chi connectivity index (χ0) is 14.2. The van der Waals surface area contributed by atoms with Crippen molar-refractivity contribution in [1.82, 2.24) is 19.6 Å². The maximum atomic E-state index is 13.2. The van der Waals surface area contributed by atoms with Gasteiger partial charge in [0.15, 0.2) is 5.16 Å². The fourth-order valence-corrected chi connectivity index (χ4v) is 3.21. The number of aromatic amines is 1. The molecule has 6 heteroatoms. The number of hydrogen-bond donors (Lipinski definition) is 1. The summed E-state index contributed by atoms with van der Waals surface area (Å²) < 4.78 is 15.2. The van der Waals surface area contributed by atoms with Crippen molar-refractivity contribution in [3.63, 3.8) is 0 Å². The molecule has 0 amide bonds. The van der Waals surface area contributed by atoms with Crippen molar-refractivity contribution in [2.75, 3.05) is 0 Å². The Balaban J connectivity index is 1.70. The summed E-state index contributed by atoms with van der Waals surface area (Å²) in [5.74, 6) is 1.16. The van der Waals surface area contributed by atoms with E-state index in [0.29, 0.717) is 5.75 Å². The summed E-state index contributed by atoms with van der Waals surface area (Å²) in [6, 6.07) is 14.5. The highest BCUT2D eigenvalue weighted by molar-refractivity contribution is 7.98. The second-order valence-corrected chi connectivity index (χ2v) is 5.63. The minimum atomic E-state index is -0.214. The van der Waals surface area contributed by atoms with E-state index in [4.69, 9.17) is 0 Å². The molecule has 4 nitrogen and oxygen atoms in total. The van der Waals surface area contributed by atoms with Crippen LogP contribution in [-0.2, 0) is 5.75 Å². The summed E-state index contributed by atoms with van der Waals surface area (Å²) in [6.45, 7) is 0. The van der Waals surface area contributed by atoms with Crippen LogP contribution in [0, 0.1) is 5.82 Å². The van der Waals surface area contributed by atoms with Gasteiger partial charge in [-0.2, -0.15) is 0 Å². The number of nitrogens with one attached hydrogen (secondary N) is 1. The van der Waals surface area contributed by atoms with Crippen molar-refractivity contribution < 1.29 is 4.39 Å².